The van der Waals surface area contributed by atoms with E-state index in [0.717, 1.165) is 17.5 Å². The molecular formula is C28H32F3N5O8S2. The van der Waals surface area contributed by atoms with Gasteiger partial charge in [0.05, 0.1) is 5.69 Å². The first kappa shape index (κ1) is 34.7. The fourth-order valence-corrected chi connectivity index (χ4v) is 6.64. The van der Waals surface area contributed by atoms with Gasteiger partial charge in [0.15, 0.2) is 0 Å². The van der Waals surface area contributed by atoms with Crippen LogP contribution in [0.1, 0.15) is 50.3 Å². The number of carbonyl (C=O) groups excluding carboxylic acids is 2. The largest absolute Gasteiger partial charge is 0.573 e. The molecule has 250 valence electrons. The molecule has 2 aromatic rings. The Hall–Kier alpha value is -4.16. The Bertz CT molecular complexity index is 1800. The maximum atomic E-state index is 13.1. The van der Waals surface area contributed by atoms with Gasteiger partial charge >= 0.3 is 22.7 Å². The average molecular weight is 688 g/mol. The number of amides is 2. The second-order valence-corrected chi connectivity index (χ2v) is 14.8. The fraction of sp³-hybridized carbons (Fsp3) is 0.393. The minimum absolute atomic E-state index is 0.0410. The Morgan fingerprint density at radius 2 is 1.74 bits per heavy atom. The smallest absolute Gasteiger partial charge is 0.443 e. The van der Waals surface area contributed by atoms with Gasteiger partial charge in [0, 0.05) is 24.1 Å². The zero-order chi connectivity index (χ0) is 34.1. The number of sulfonamides is 1. The van der Waals surface area contributed by atoms with Gasteiger partial charge in [-0.15, -0.1) is 13.2 Å². The molecule has 0 saturated carbocycles. The van der Waals surface area contributed by atoms with E-state index in [4.69, 9.17) is 4.74 Å². The SMILES string of the molecule is Cc1cc(NS(=O)(=O)NC(=O)OC(C)(C)C)ccc1/C=C/S(=O)(=O)N1CCC2(CC1)N=C(c1cccc(OC(F)(F)F)c1)NC2=O. The van der Waals surface area contributed by atoms with Crippen LogP contribution in [0.4, 0.5) is 23.7 Å². The molecule has 1 spiro atoms. The highest BCUT2D eigenvalue weighted by Crippen LogP contribution is 2.33. The van der Waals surface area contributed by atoms with E-state index < -0.39 is 55.5 Å². The second kappa shape index (κ2) is 12.6. The Morgan fingerprint density at radius 1 is 1.07 bits per heavy atom. The fourth-order valence-electron chi connectivity index (χ4n) is 4.70. The summed E-state index contributed by atoms with van der Waals surface area (Å²) in [6.45, 7) is 6.28. The van der Waals surface area contributed by atoms with Crippen LogP contribution >= 0.6 is 0 Å². The summed E-state index contributed by atoms with van der Waals surface area (Å²) in [5.41, 5.74) is -0.861. The Morgan fingerprint density at radius 3 is 2.35 bits per heavy atom. The minimum atomic E-state index is -4.89. The molecule has 13 nitrogen and oxygen atoms in total. The van der Waals surface area contributed by atoms with Crippen LogP contribution in [-0.2, 0) is 29.8 Å². The van der Waals surface area contributed by atoms with E-state index in [1.54, 1.807) is 32.4 Å². The number of nitrogens with one attached hydrogen (secondary N) is 3. The number of aliphatic imine (C=N–C) groups is 1. The third kappa shape index (κ3) is 8.97. The third-order valence-corrected chi connectivity index (χ3v) is 9.29. The topological polar surface area (TPSA) is 173 Å². The van der Waals surface area contributed by atoms with Crippen LogP contribution in [-0.4, -0.2) is 69.6 Å². The van der Waals surface area contributed by atoms with Gasteiger partial charge in [0.2, 0.25) is 10.0 Å². The van der Waals surface area contributed by atoms with Crippen molar-refractivity contribution in [2.24, 2.45) is 4.99 Å². The lowest BCUT2D eigenvalue weighted by Gasteiger charge is -2.34. The molecule has 18 heteroatoms. The van der Waals surface area contributed by atoms with Crippen molar-refractivity contribution in [2.75, 3.05) is 17.8 Å². The van der Waals surface area contributed by atoms with Crippen LogP contribution in [0, 0.1) is 6.92 Å². The van der Waals surface area contributed by atoms with Crippen molar-refractivity contribution in [1.29, 1.82) is 0 Å². The van der Waals surface area contributed by atoms with Gasteiger partial charge in [-0.05, 0) is 82.0 Å². The highest BCUT2D eigenvalue weighted by molar-refractivity contribution is 7.92. The number of benzene rings is 2. The summed E-state index contributed by atoms with van der Waals surface area (Å²) in [5.74, 6) is -0.891. The summed E-state index contributed by atoms with van der Waals surface area (Å²) in [6, 6.07) is 9.34. The van der Waals surface area contributed by atoms with Crippen molar-refractivity contribution in [3.63, 3.8) is 0 Å². The zero-order valence-corrected chi connectivity index (χ0v) is 26.8. The van der Waals surface area contributed by atoms with E-state index in [0.29, 0.717) is 11.1 Å². The van der Waals surface area contributed by atoms with Crippen LogP contribution in [0.5, 0.6) is 5.75 Å². The molecule has 2 heterocycles. The summed E-state index contributed by atoms with van der Waals surface area (Å²) in [4.78, 5) is 29.2. The van der Waals surface area contributed by atoms with Crippen LogP contribution in [0.2, 0.25) is 0 Å². The molecule has 0 atom stereocenters. The summed E-state index contributed by atoms with van der Waals surface area (Å²) in [6.07, 6.45) is -4.62. The van der Waals surface area contributed by atoms with Crippen molar-refractivity contribution in [2.45, 2.75) is 58.0 Å². The Balaban J connectivity index is 1.39. The monoisotopic (exact) mass is 687 g/mol. The Kier molecular flexibility index (Phi) is 9.48. The van der Waals surface area contributed by atoms with Gasteiger partial charge < -0.3 is 14.8 Å². The minimum Gasteiger partial charge on any atom is -0.443 e. The molecule has 2 aromatic carbocycles. The number of ether oxygens (including phenoxy) is 2. The molecule has 46 heavy (non-hydrogen) atoms. The van der Waals surface area contributed by atoms with Crippen LogP contribution < -0.4 is 19.5 Å². The lowest BCUT2D eigenvalue weighted by Crippen LogP contribution is -2.50. The summed E-state index contributed by atoms with van der Waals surface area (Å²) < 4.78 is 103. The van der Waals surface area contributed by atoms with Crippen LogP contribution in [0.15, 0.2) is 52.9 Å². The maximum absolute atomic E-state index is 13.1. The van der Waals surface area contributed by atoms with E-state index in [-0.39, 0.29) is 43.0 Å². The number of aryl methyl sites for hydroxylation is 1. The number of carbonyl (C=O) groups is 2. The number of hydrogen-bond acceptors (Lipinski definition) is 9. The average Bonchev–Trinajstić information content (AvgIpc) is 3.21. The Labute approximate surface area is 264 Å². The molecule has 2 aliphatic rings. The van der Waals surface area contributed by atoms with Crippen molar-refractivity contribution < 1.29 is 49.1 Å². The first-order valence-corrected chi connectivity index (χ1v) is 16.7. The molecule has 0 unspecified atom stereocenters. The predicted molar refractivity (Wildman–Crippen MR) is 162 cm³/mol. The van der Waals surface area contributed by atoms with E-state index in [1.165, 1.54) is 40.7 Å². The number of rotatable bonds is 8. The number of halogens is 3. The highest BCUT2D eigenvalue weighted by atomic mass is 32.2. The van der Waals surface area contributed by atoms with E-state index in [2.05, 4.69) is 19.8 Å². The number of amidine groups is 1. The number of alkyl halides is 3. The van der Waals surface area contributed by atoms with E-state index in [9.17, 15) is 39.6 Å². The number of piperidine rings is 1. The van der Waals surface area contributed by atoms with Gasteiger partial charge in [0.25, 0.3) is 5.91 Å². The standard InChI is InChI=1S/C28H32F3N5O8S2/c1-18-16-21(34-46(41,42)35-25(38)44-26(2,3)4)9-8-19(18)10-15-45(39,40)36-13-11-27(12-14-36)24(37)32-23(33-27)20-6-5-7-22(17-20)43-28(29,30)31/h5-10,15-17,34H,11-14H2,1-4H3,(H,35,38)(H,32,33,37)/b15-10+. The van der Waals surface area contributed by atoms with Gasteiger partial charge in [0.1, 0.15) is 22.7 Å². The summed E-state index contributed by atoms with van der Waals surface area (Å²) in [5, 5.41) is 3.58. The third-order valence-electron chi connectivity index (χ3n) is 6.79. The zero-order valence-electron chi connectivity index (χ0n) is 25.1. The number of anilines is 1. The molecule has 2 amide bonds. The van der Waals surface area contributed by atoms with Crippen molar-refractivity contribution in [3.05, 3.63) is 64.6 Å². The summed E-state index contributed by atoms with van der Waals surface area (Å²) in [7, 11) is -8.25. The number of hydrogen-bond donors (Lipinski definition) is 3. The van der Waals surface area contributed by atoms with Crippen LogP contribution in [0.3, 0.4) is 0 Å². The molecule has 3 N–H and O–H groups in total. The molecular weight excluding hydrogens is 655 g/mol. The molecule has 2 aliphatic heterocycles. The molecule has 0 bridgehead atoms. The molecule has 4 rings (SSSR count). The van der Waals surface area contributed by atoms with Gasteiger partial charge in [-0.25, -0.2) is 17.9 Å². The number of nitrogens with zero attached hydrogens (tertiary/aromatic N) is 2. The molecule has 0 aromatic heterocycles. The second-order valence-electron chi connectivity index (χ2n) is 11.5. The van der Waals surface area contributed by atoms with Gasteiger partial charge in [-0.2, -0.15) is 12.7 Å². The first-order valence-electron chi connectivity index (χ1n) is 13.8. The van der Waals surface area contributed by atoms with E-state index in [1.807, 2.05) is 0 Å². The van der Waals surface area contributed by atoms with Crippen molar-refractivity contribution >= 4 is 49.8 Å². The van der Waals surface area contributed by atoms with Crippen molar-refractivity contribution in [3.8, 4) is 5.75 Å². The lowest BCUT2D eigenvalue weighted by atomic mass is 9.89. The maximum Gasteiger partial charge on any atom is 0.573 e. The molecule has 0 radical (unpaired) electrons. The first-order chi connectivity index (χ1) is 21.2. The normalized spacial score (nSPS) is 17.5. The molecule has 1 saturated heterocycles. The van der Waals surface area contributed by atoms with Crippen molar-refractivity contribution in [1.82, 2.24) is 14.3 Å². The van der Waals surface area contributed by atoms with Crippen LogP contribution in [0.25, 0.3) is 6.08 Å². The molecule has 0 aliphatic carbocycles. The predicted octanol–water partition coefficient (Wildman–Crippen LogP) is 3.79. The van der Waals surface area contributed by atoms with Gasteiger partial charge in [-0.3, -0.25) is 14.5 Å². The lowest BCUT2D eigenvalue weighted by molar-refractivity contribution is -0.274. The quantitative estimate of drug-likeness (QED) is 0.376. The van der Waals surface area contributed by atoms with Gasteiger partial charge in [-0.1, -0.05) is 18.2 Å². The van der Waals surface area contributed by atoms with E-state index >= 15 is 0 Å². The molecule has 1 fully saturated rings. The summed E-state index contributed by atoms with van der Waals surface area (Å²) >= 11 is 0. The highest BCUT2D eigenvalue weighted by Gasteiger charge is 2.47.